The van der Waals surface area contributed by atoms with Gasteiger partial charge in [-0.25, -0.2) is 0 Å². The quantitative estimate of drug-likeness (QED) is 0.922. The third-order valence-electron chi connectivity index (χ3n) is 4.82. The fourth-order valence-electron chi connectivity index (χ4n) is 3.70. The van der Waals surface area contributed by atoms with Crippen molar-refractivity contribution in [1.29, 1.82) is 0 Å². The van der Waals surface area contributed by atoms with Crippen LogP contribution < -0.4 is 5.32 Å². The number of carbonyl (C=O) groups excluding carboxylic acids is 1. The summed E-state index contributed by atoms with van der Waals surface area (Å²) in [5.41, 5.74) is 1.09. The zero-order valence-electron chi connectivity index (χ0n) is 12.7. The highest BCUT2D eigenvalue weighted by molar-refractivity contribution is 6.30. The molecule has 1 saturated carbocycles. The van der Waals surface area contributed by atoms with Gasteiger partial charge in [0, 0.05) is 11.1 Å². The van der Waals surface area contributed by atoms with Gasteiger partial charge in [-0.2, -0.15) is 0 Å². The Hall–Kier alpha value is -1.06. The average Bonchev–Trinajstić information content (AvgIpc) is 3.02. The first-order valence-corrected chi connectivity index (χ1v) is 8.31. The van der Waals surface area contributed by atoms with Crippen molar-refractivity contribution in [1.82, 2.24) is 10.2 Å². The molecule has 0 spiro atoms. The molecule has 21 heavy (non-hydrogen) atoms. The molecule has 1 heterocycles. The molecular formula is C17H23ClN2O. The Morgan fingerprint density at radius 1 is 1.38 bits per heavy atom. The van der Waals surface area contributed by atoms with Crippen LogP contribution in [0.3, 0.4) is 0 Å². The Labute approximate surface area is 131 Å². The minimum atomic E-state index is -0.0649. The van der Waals surface area contributed by atoms with Crippen LogP contribution in [0.25, 0.3) is 0 Å². The maximum absolute atomic E-state index is 12.7. The fraction of sp³-hybridized carbons (Fsp3) is 0.588. The number of amides is 1. The number of rotatable bonds is 3. The minimum absolute atomic E-state index is 0.0311. The van der Waals surface area contributed by atoms with Gasteiger partial charge >= 0.3 is 0 Å². The summed E-state index contributed by atoms with van der Waals surface area (Å²) >= 11 is 6.13. The number of carbonyl (C=O) groups is 1. The SMILES string of the molecule is CCC1NC(c2cccc(Cl)c2)N(C2CCC(C)C2)C1=O. The first kappa shape index (κ1) is 14.9. The molecule has 3 rings (SSSR count). The summed E-state index contributed by atoms with van der Waals surface area (Å²) in [4.78, 5) is 14.8. The second kappa shape index (κ2) is 5.98. The Morgan fingerprint density at radius 2 is 2.19 bits per heavy atom. The molecule has 2 fully saturated rings. The van der Waals surface area contributed by atoms with E-state index in [0.29, 0.717) is 12.0 Å². The number of nitrogens with one attached hydrogen (secondary N) is 1. The smallest absolute Gasteiger partial charge is 0.241 e. The van der Waals surface area contributed by atoms with Crippen LogP contribution in [0.5, 0.6) is 0 Å². The van der Waals surface area contributed by atoms with Gasteiger partial charge in [-0.1, -0.05) is 37.6 Å². The number of benzene rings is 1. The Balaban J connectivity index is 1.91. The van der Waals surface area contributed by atoms with Crippen molar-refractivity contribution < 1.29 is 4.79 Å². The highest BCUT2D eigenvalue weighted by atomic mass is 35.5. The third-order valence-corrected chi connectivity index (χ3v) is 5.06. The predicted octanol–water partition coefficient (Wildman–Crippen LogP) is 3.74. The van der Waals surface area contributed by atoms with Gasteiger partial charge in [-0.3, -0.25) is 10.1 Å². The van der Waals surface area contributed by atoms with E-state index in [1.807, 2.05) is 18.2 Å². The summed E-state index contributed by atoms with van der Waals surface area (Å²) in [5, 5.41) is 4.22. The van der Waals surface area contributed by atoms with E-state index >= 15 is 0 Å². The summed E-state index contributed by atoms with van der Waals surface area (Å²) in [6, 6.07) is 8.15. The van der Waals surface area contributed by atoms with Crippen LogP contribution >= 0.6 is 11.6 Å². The monoisotopic (exact) mass is 306 g/mol. The van der Waals surface area contributed by atoms with E-state index in [1.165, 1.54) is 6.42 Å². The summed E-state index contributed by atoms with van der Waals surface area (Å²) in [6.07, 6.45) is 4.24. The lowest BCUT2D eigenvalue weighted by molar-refractivity contribution is -0.132. The second-order valence-corrected chi connectivity index (χ2v) is 6.84. The molecule has 4 unspecified atom stereocenters. The summed E-state index contributed by atoms with van der Waals surface area (Å²) in [5.74, 6) is 0.963. The standard InChI is InChI=1S/C17H23ClN2O/c1-3-15-17(21)20(14-8-7-11(2)9-14)16(19-15)12-5-4-6-13(18)10-12/h4-6,10-11,14-16,19H,3,7-9H2,1-2H3. The molecule has 3 nitrogen and oxygen atoms in total. The van der Waals surface area contributed by atoms with Crippen molar-refractivity contribution in [3.8, 4) is 0 Å². The van der Waals surface area contributed by atoms with Gasteiger partial charge in [0.25, 0.3) is 0 Å². The Morgan fingerprint density at radius 3 is 2.81 bits per heavy atom. The Bertz CT molecular complexity index is 533. The third kappa shape index (κ3) is 2.82. The maximum Gasteiger partial charge on any atom is 0.241 e. The molecular weight excluding hydrogens is 284 g/mol. The molecule has 1 amide bonds. The minimum Gasteiger partial charge on any atom is -0.319 e. The first-order valence-electron chi connectivity index (χ1n) is 7.93. The molecule has 114 valence electrons. The van der Waals surface area contributed by atoms with Crippen molar-refractivity contribution in [2.24, 2.45) is 5.92 Å². The zero-order chi connectivity index (χ0) is 15.0. The molecule has 1 aromatic carbocycles. The van der Waals surface area contributed by atoms with E-state index in [4.69, 9.17) is 11.6 Å². The van der Waals surface area contributed by atoms with Gasteiger partial charge in [0.2, 0.25) is 5.91 Å². The maximum atomic E-state index is 12.7. The van der Waals surface area contributed by atoms with Gasteiger partial charge < -0.3 is 4.90 Å². The van der Waals surface area contributed by atoms with Crippen LogP contribution in [0.1, 0.15) is 51.3 Å². The van der Waals surface area contributed by atoms with E-state index in [-0.39, 0.29) is 18.1 Å². The lowest BCUT2D eigenvalue weighted by Gasteiger charge is -2.30. The fourth-order valence-corrected chi connectivity index (χ4v) is 3.89. The molecule has 2 aliphatic rings. The van der Waals surface area contributed by atoms with Gasteiger partial charge in [0.15, 0.2) is 0 Å². The van der Waals surface area contributed by atoms with Gasteiger partial charge in [-0.15, -0.1) is 0 Å². The first-order chi connectivity index (χ1) is 10.1. The van der Waals surface area contributed by atoms with Gasteiger partial charge in [0.1, 0.15) is 6.17 Å². The van der Waals surface area contributed by atoms with Crippen LogP contribution in [0.2, 0.25) is 5.02 Å². The molecule has 4 atom stereocenters. The van der Waals surface area contributed by atoms with E-state index in [0.717, 1.165) is 29.8 Å². The second-order valence-electron chi connectivity index (χ2n) is 6.40. The lowest BCUT2D eigenvalue weighted by atomic mass is 10.1. The van der Waals surface area contributed by atoms with Gasteiger partial charge in [-0.05, 0) is 49.3 Å². The highest BCUT2D eigenvalue weighted by Crippen LogP contribution is 2.37. The normalized spacial score (nSPS) is 32.9. The molecule has 1 aliphatic heterocycles. The number of hydrogen-bond acceptors (Lipinski definition) is 2. The van der Waals surface area contributed by atoms with Gasteiger partial charge in [0.05, 0.1) is 6.04 Å². The Kier molecular flexibility index (Phi) is 4.23. The summed E-state index contributed by atoms with van der Waals surface area (Å²) in [7, 11) is 0. The van der Waals surface area contributed by atoms with Crippen LogP contribution in [0, 0.1) is 5.92 Å². The van der Waals surface area contributed by atoms with Crippen molar-refractivity contribution in [3.05, 3.63) is 34.9 Å². The summed E-state index contributed by atoms with van der Waals surface area (Å²) < 4.78 is 0. The molecule has 0 aromatic heterocycles. The predicted molar refractivity (Wildman–Crippen MR) is 85.1 cm³/mol. The van der Waals surface area contributed by atoms with E-state index in [2.05, 4.69) is 30.1 Å². The van der Waals surface area contributed by atoms with Crippen molar-refractivity contribution in [2.45, 2.75) is 57.8 Å². The van der Waals surface area contributed by atoms with Crippen LogP contribution in [-0.4, -0.2) is 22.9 Å². The molecule has 1 aromatic rings. The number of nitrogens with zero attached hydrogens (tertiary/aromatic N) is 1. The molecule has 0 bridgehead atoms. The molecule has 1 saturated heterocycles. The molecule has 0 radical (unpaired) electrons. The average molecular weight is 307 g/mol. The lowest BCUT2D eigenvalue weighted by Crippen LogP contribution is -2.38. The van der Waals surface area contributed by atoms with E-state index in [9.17, 15) is 4.79 Å². The van der Waals surface area contributed by atoms with E-state index < -0.39 is 0 Å². The topological polar surface area (TPSA) is 32.3 Å². The molecule has 1 aliphatic carbocycles. The van der Waals surface area contributed by atoms with Crippen molar-refractivity contribution in [3.63, 3.8) is 0 Å². The number of hydrogen-bond donors (Lipinski definition) is 1. The van der Waals surface area contributed by atoms with Crippen molar-refractivity contribution in [2.75, 3.05) is 0 Å². The van der Waals surface area contributed by atoms with Crippen LogP contribution in [-0.2, 0) is 4.79 Å². The zero-order valence-corrected chi connectivity index (χ0v) is 13.4. The van der Waals surface area contributed by atoms with E-state index in [1.54, 1.807) is 0 Å². The summed E-state index contributed by atoms with van der Waals surface area (Å²) in [6.45, 7) is 4.34. The largest absolute Gasteiger partial charge is 0.319 e. The van der Waals surface area contributed by atoms with Crippen LogP contribution in [0.15, 0.2) is 24.3 Å². The molecule has 4 heteroatoms. The van der Waals surface area contributed by atoms with Crippen LogP contribution in [0.4, 0.5) is 0 Å². The highest BCUT2D eigenvalue weighted by Gasteiger charge is 2.43. The molecule has 1 N–H and O–H groups in total. The number of halogens is 1. The van der Waals surface area contributed by atoms with Crippen molar-refractivity contribution >= 4 is 17.5 Å².